The Bertz CT molecular complexity index is 4300. The summed E-state index contributed by atoms with van der Waals surface area (Å²) in [5.74, 6) is -0.260. The predicted molar refractivity (Wildman–Crippen MR) is 374 cm³/mol. The Labute approximate surface area is 587 Å². The first kappa shape index (κ1) is 79.6. The molecule has 8 aromatic rings. The smallest absolute Gasteiger partial charge is 0.462 e. The summed E-state index contributed by atoms with van der Waals surface area (Å²) in [6.45, 7) is 9.03. The van der Waals surface area contributed by atoms with E-state index in [0.717, 1.165) is 65.2 Å². The van der Waals surface area contributed by atoms with Gasteiger partial charge in [-0.25, -0.2) is 34.7 Å². The number of nitrogens with zero attached hydrogens (tertiary/aromatic N) is 2. The molecule has 0 saturated carbocycles. The van der Waals surface area contributed by atoms with E-state index in [-0.39, 0.29) is 67.5 Å². The van der Waals surface area contributed by atoms with Crippen LogP contribution in [0.5, 0.6) is 0 Å². The van der Waals surface area contributed by atoms with Gasteiger partial charge in [0.05, 0.1) is 85.8 Å². The largest absolute Gasteiger partial charge is 0.494 e. The van der Waals surface area contributed by atoms with E-state index < -0.39 is 66.3 Å². The highest BCUT2D eigenvalue weighted by Gasteiger charge is 2.52. The lowest BCUT2D eigenvalue weighted by molar-refractivity contribution is -0.141. The topological polar surface area (TPSA) is 246 Å². The SMILES string of the molecule is CC1(C)OB(c2ccc(CO)c(S(C)(=O)=O)c2)OC1(C)C.CCOC(=O)c1ccc(Br)cc1SC.CS(=O)(=O)c1cc(-c2ccc(-c3cc(C(F)(F)F)nn3-c3cc(Cl)ccc3Cl)s2)ccc1CO.CS(=O)(=O)c1cc(Br)ccc1CO.CSc1cc(Br)ccc1CO. The fourth-order valence-corrected chi connectivity index (χ4v) is 15.4. The summed E-state index contributed by atoms with van der Waals surface area (Å²) in [5, 5.41) is 40.7. The standard InChI is InChI=1S/C22H15Cl2F3N2O3S2.C14H21BO5S.C10H11BrO2S.C8H9BrO3S.C8H9BrOS/c1-34(31,32)20-8-12(2-3-13(20)11-30)18-6-7-19(33-18)17-10-21(22(25,26)27)28-29(17)16-9-14(23)4-5-15(16)24;1-13(2)14(3,4)20-15(19-13)11-7-6-10(9-16)12(8-11)21(5,17)18;1-3-13-10(12)8-5-4-7(11)6-9(8)14-2;1-13(11,12)8-4-7(9)3-2-6(8)5-10;1-11-8-4-7(9)3-2-6(8)5-10/h2-10,30H,11H2,1H3;6-8,16H,9H2,1-5H3;4-6H,3H2,1-2H3;2-4,10H,5H2,1H3;2-4,10H,5H2,1H3. The van der Waals surface area contributed by atoms with Crippen LogP contribution in [-0.4, -0.2) is 118 Å². The van der Waals surface area contributed by atoms with E-state index in [1.54, 1.807) is 67.2 Å². The molecule has 0 aliphatic carbocycles. The van der Waals surface area contributed by atoms with E-state index in [1.807, 2.05) is 70.5 Å². The quantitative estimate of drug-likeness (QED) is 0.0423. The maximum atomic E-state index is 13.5. The number of benzene rings is 6. The van der Waals surface area contributed by atoms with Gasteiger partial charge in [-0.3, -0.25) is 0 Å². The number of hydrogen-bond donors (Lipinski definition) is 4. The summed E-state index contributed by atoms with van der Waals surface area (Å²) in [5.41, 5.74) is 2.09. The molecule has 1 fully saturated rings. The van der Waals surface area contributed by atoms with Crippen LogP contribution in [0.1, 0.15) is 72.9 Å². The Morgan fingerprint density at radius 2 is 1.09 bits per heavy atom. The summed E-state index contributed by atoms with van der Waals surface area (Å²) in [4.78, 5) is 14.9. The van der Waals surface area contributed by atoms with Crippen LogP contribution in [0.2, 0.25) is 10.0 Å². The molecule has 1 aliphatic heterocycles. The zero-order valence-corrected chi connectivity index (χ0v) is 62.6. The zero-order valence-electron chi connectivity index (χ0n) is 51.5. The third kappa shape index (κ3) is 21.7. The van der Waals surface area contributed by atoms with Crippen molar-refractivity contribution in [1.29, 1.82) is 0 Å². The van der Waals surface area contributed by atoms with E-state index in [2.05, 4.69) is 52.9 Å². The average Bonchev–Trinajstić information content (AvgIpc) is 1.65. The minimum Gasteiger partial charge on any atom is -0.462 e. The van der Waals surface area contributed by atoms with Crippen LogP contribution in [0.25, 0.3) is 26.7 Å². The number of halogens is 8. The van der Waals surface area contributed by atoms with Gasteiger partial charge in [0.1, 0.15) is 0 Å². The number of esters is 1. The Morgan fingerprint density at radius 1 is 0.624 bits per heavy atom. The van der Waals surface area contributed by atoms with Gasteiger partial charge in [0, 0.05) is 51.9 Å². The van der Waals surface area contributed by atoms with Crippen molar-refractivity contribution in [2.75, 3.05) is 37.9 Å². The molecule has 0 spiro atoms. The second-order valence-electron chi connectivity index (χ2n) is 21.1. The number of sulfone groups is 3. The molecule has 0 radical (unpaired) electrons. The summed E-state index contributed by atoms with van der Waals surface area (Å²) in [6.07, 6.45) is 2.53. The minimum atomic E-state index is -4.68. The molecule has 16 nitrogen and oxygen atoms in total. The van der Waals surface area contributed by atoms with E-state index in [9.17, 15) is 53.4 Å². The van der Waals surface area contributed by atoms with E-state index in [4.69, 9.17) is 47.5 Å². The number of carbonyl (C=O) groups excluding carboxylic acids is 1. The minimum absolute atomic E-state index is 0.0161. The molecule has 3 heterocycles. The Hall–Kier alpha value is -4.12. The first-order chi connectivity index (χ1) is 43.3. The fourth-order valence-electron chi connectivity index (χ4n) is 8.41. The average molecular weight is 1630 g/mol. The van der Waals surface area contributed by atoms with Crippen LogP contribution >= 0.6 is 106 Å². The predicted octanol–water partition coefficient (Wildman–Crippen LogP) is 14.7. The van der Waals surface area contributed by atoms with Gasteiger partial charge < -0.3 is 34.5 Å². The molecule has 1 saturated heterocycles. The van der Waals surface area contributed by atoms with Gasteiger partial charge in [-0.1, -0.05) is 107 Å². The molecule has 9 rings (SSSR count). The molecule has 0 atom stereocenters. The number of aromatic nitrogens is 2. The summed E-state index contributed by atoms with van der Waals surface area (Å²) in [7, 11) is -10.9. The number of thioether (sulfide) groups is 2. The molecule has 0 unspecified atom stereocenters. The molecule has 0 bridgehead atoms. The van der Waals surface area contributed by atoms with Crippen LogP contribution < -0.4 is 5.46 Å². The molecule has 6 aromatic carbocycles. The van der Waals surface area contributed by atoms with Crippen molar-refractivity contribution in [3.8, 4) is 26.7 Å². The number of hydrogen-bond acceptors (Lipinski definition) is 18. The van der Waals surface area contributed by atoms with Gasteiger partial charge in [0.25, 0.3) is 0 Å². The van der Waals surface area contributed by atoms with Crippen LogP contribution in [0, 0.1) is 0 Å². The number of aliphatic hydroxyl groups excluding tert-OH is 4. The summed E-state index contributed by atoms with van der Waals surface area (Å²) >= 11 is 26.5. The van der Waals surface area contributed by atoms with Crippen molar-refractivity contribution in [3.63, 3.8) is 0 Å². The summed E-state index contributed by atoms with van der Waals surface area (Å²) in [6, 6.07) is 34.2. The molecule has 31 heteroatoms. The van der Waals surface area contributed by atoms with Crippen molar-refractivity contribution in [3.05, 3.63) is 184 Å². The molecular weight excluding hydrogens is 1570 g/mol. The van der Waals surface area contributed by atoms with Crippen molar-refractivity contribution in [2.24, 2.45) is 0 Å². The molecular formula is C62H65BBr3Cl2F3N2O14S6. The number of thiophene rings is 1. The van der Waals surface area contributed by atoms with E-state index in [1.165, 1.54) is 54.2 Å². The molecule has 502 valence electrons. The monoisotopic (exact) mass is 1630 g/mol. The second kappa shape index (κ2) is 33.9. The van der Waals surface area contributed by atoms with E-state index in [0.29, 0.717) is 48.6 Å². The maximum Gasteiger partial charge on any atom is 0.494 e. The zero-order chi connectivity index (χ0) is 69.8. The van der Waals surface area contributed by atoms with Gasteiger partial charge in [-0.2, -0.15) is 18.3 Å². The molecule has 93 heavy (non-hydrogen) atoms. The lowest BCUT2D eigenvalue weighted by Gasteiger charge is -2.32. The van der Waals surface area contributed by atoms with Gasteiger partial charge in [0.15, 0.2) is 35.2 Å². The van der Waals surface area contributed by atoms with Gasteiger partial charge in [0.2, 0.25) is 0 Å². The Kier molecular flexibility index (Phi) is 29.0. The normalized spacial score (nSPS) is 13.5. The Balaban J connectivity index is 0.000000227. The van der Waals surface area contributed by atoms with Crippen molar-refractivity contribution in [1.82, 2.24) is 9.78 Å². The van der Waals surface area contributed by atoms with Crippen molar-refractivity contribution < 1.29 is 77.7 Å². The van der Waals surface area contributed by atoms with Crippen LogP contribution in [0.15, 0.2) is 165 Å². The van der Waals surface area contributed by atoms with Crippen LogP contribution in [0.4, 0.5) is 13.2 Å². The third-order valence-corrected chi connectivity index (χ3v) is 22.1. The molecule has 2 aromatic heterocycles. The highest BCUT2D eigenvalue weighted by atomic mass is 79.9. The van der Waals surface area contributed by atoms with Gasteiger partial charge >= 0.3 is 19.3 Å². The first-order valence-electron chi connectivity index (χ1n) is 27.3. The lowest BCUT2D eigenvalue weighted by Crippen LogP contribution is -2.41. The van der Waals surface area contributed by atoms with Gasteiger partial charge in [-0.15, -0.1) is 34.9 Å². The molecule has 0 amide bonds. The van der Waals surface area contributed by atoms with Crippen molar-refractivity contribution >= 4 is 154 Å². The van der Waals surface area contributed by atoms with E-state index >= 15 is 0 Å². The Morgan fingerprint density at radius 3 is 1.59 bits per heavy atom. The lowest BCUT2D eigenvalue weighted by atomic mass is 9.79. The number of rotatable bonds is 15. The second-order valence-corrected chi connectivity index (χ2v) is 33.4. The fraction of sp³-hybridized carbons (Fsp3) is 0.290. The number of ether oxygens (including phenoxy) is 1. The van der Waals surface area contributed by atoms with Gasteiger partial charge in [-0.05, 0) is 171 Å². The van der Waals surface area contributed by atoms with Crippen molar-refractivity contribution in [2.45, 2.75) is 103 Å². The maximum absolute atomic E-state index is 13.5. The molecule has 4 N–H and O–H groups in total. The number of carbonyl (C=O) groups is 1. The third-order valence-electron chi connectivity index (χ3n) is 13.8. The summed E-state index contributed by atoms with van der Waals surface area (Å²) < 4.78 is 131. The highest BCUT2D eigenvalue weighted by Crippen LogP contribution is 2.41. The highest BCUT2D eigenvalue weighted by molar-refractivity contribution is 9.11. The first-order valence-corrected chi connectivity index (χ1v) is 39.3. The van der Waals surface area contributed by atoms with Crippen LogP contribution in [-0.2, 0) is 76.2 Å². The molecule has 1 aliphatic rings. The number of alkyl halides is 3. The number of aliphatic hydroxyl groups is 4. The van der Waals surface area contributed by atoms with Crippen LogP contribution in [0.3, 0.4) is 0 Å².